The van der Waals surface area contributed by atoms with Crippen LogP contribution in [0.1, 0.15) is 5.56 Å². The summed E-state index contributed by atoms with van der Waals surface area (Å²) in [5, 5.41) is 19.8. The molecule has 0 amide bonds. The van der Waals surface area contributed by atoms with Gasteiger partial charge in [-0.3, -0.25) is 5.41 Å². The van der Waals surface area contributed by atoms with Crippen LogP contribution in [0.25, 0.3) is 0 Å². The summed E-state index contributed by atoms with van der Waals surface area (Å²) in [5.74, 6) is -0.227. The first-order valence-corrected chi connectivity index (χ1v) is 4.09. The zero-order valence-corrected chi connectivity index (χ0v) is 7.92. The number of phenols is 1. The fourth-order valence-electron chi connectivity index (χ4n) is 0.780. The third-order valence-electron chi connectivity index (χ3n) is 1.37. The van der Waals surface area contributed by atoms with E-state index < -0.39 is 0 Å². The van der Waals surface area contributed by atoms with Gasteiger partial charge in [-0.25, -0.2) is 5.43 Å². The molecule has 0 fully saturated rings. The first-order valence-electron chi connectivity index (χ1n) is 3.71. The minimum absolute atomic E-state index is 0.0170. The van der Waals surface area contributed by atoms with Crippen LogP contribution in [0.4, 0.5) is 0 Å². The molecular weight excluding hydrogens is 204 g/mol. The van der Waals surface area contributed by atoms with Crippen molar-refractivity contribution in [1.29, 1.82) is 5.41 Å². The van der Waals surface area contributed by atoms with Crippen LogP contribution >= 0.6 is 11.6 Å². The lowest BCUT2D eigenvalue weighted by atomic mass is 10.2. The predicted octanol–water partition coefficient (Wildman–Crippen LogP) is 0.863. The summed E-state index contributed by atoms with van der Waals surface area (Å²) < 4.78 is 0. The minimum atomic E-state index is -0.244. The number of benzene rings is 1. The van der Waals surface area contributed by atoms with E-state index in [9.17, 15) is 0 Å². The normalized spacial score (nSPS) is 10.4. The molecule has 0 aliphatic rings. The first kappa shape index (κ1) is 10.3. The second kappa shape index (κ2) is 4.48. The molecule has 0 unspecified atom stereocenters. The Bertz CT molecular complexity index is 378. The second-order valence-corrected chi connectivity index (χ2v) is 2.90. The number of hydrogen-bond donors (Lipinski definition) is 4. The number of nitrogens with one attached hydrogen (secondary N) is 2. The van der Waals surface area contributed by atoms with E-state index in [0.29, 0.717) is 5.56 Å². The minimum Gasteiger partial charge on any atom is -0.506 e. The molecule has 0 aromatic heterocycles. The van der Waals surface area contributed by atoms with E-state index in [1.54, 1.807) is 12.1 Å². The predicted molar refractivity (Wildman–Crippen MR) is 55.8 cm³/mol. The average Bonchev–Trinajstić information content (AvgIpc) is 2.10. The summed E-state index contributed by atoms with van der Waals surface area (Å²) in [6.45, 7) is 0. The van der Waals surface area contributed by atoms with Gasteiger partial charge in [0.25, 0.3) is 0 Å². The molecule has 74 valence electrons. The van der Waals surface area contributed by atoms with Gasteiger partial charge in [-0.2, -0.15) is 5.10 Å². The Labute approximate surface area is 85.7 Å². The highest BCUT2D eigenvalue weighted by Crippen LogP contribution is 2.22. The van der Waals surface area contributed by atoms with Crippen LogP contribution in [0.15, 0.2) is 23.3 Å². The quantitative estimate of drug-likeness (QED) is 0.333. The SMILES string of the molecule is N=C(N)NN=Cc1ccc(O)c(Cl)c1. The molecule has 5 N–H and O–H groups in total. The van der Waals surface area contributed by atoms with Crippen molar-refractivity contribution in [3.8, 4) is 5.75 Å². The lowest BCUT2D eigenvalue weighted by Crippen LogP contribution is -2.25. The molecule has 0 aliphatic heterocycles. The molecule has 1 rings (SSSR count). The Morgan fingerprint density at radius 3 is 2.93 bits per heavy atom. The van der Waals surface area contributed by atoms with E-state index >= 15 is 0 Å². The standard InChI is InChI=1S/C8H9ClN4O/c9-6-3-5(1-2-7(6)14)4-12-13-8(10)11/h1-4,14H,(H4,10,11,13). The molecule has 0 atom stereocenters. The number of hydrogen-bond acceptors (Lipinski definition) is 3. The lowest BCUT2D eigenvalue weighted by molar-refractivity contribution is 0.475. The van der Waals surface area contributed by atoms with Crippen molar-refractivity contribution in [3.63, 3.8) is 0 Å². The molecule has 0 saturated heterocycles. The Hall–Kier alpha value is -1.75. The molecular formula is C8H9ClN4O. The Balaban J connectivity index is 2.73. The van der Waals surface area contributed by atoms with Gasteiger partial charge in [0, 0.05) is 0 Å². The topological polar surface area (TPSA) is 94.5 Å². The number of aromatic hydroxyl groups is 1. The molecule has 1 aromatic rings. The third-order valence-corrected chi connectivity index (χ3v) is 1.67. The largest absolute Gasteiger partial charge is 0.506 e. The zero-order valence-electron chi connectivity index (χ0n) is 7.16. The van der Waals surface area contributed by atoms with Gasteiger partial charge in [-0.1, -0.05) is 11.6 Å². The third kappa shape index (κ3) is 2.95. The summed E-state index contributed by atoms with van der Waals surface area (Å²) >= 11 is 5.66. The van der Waals surface area contributed by atoms with Crippen LogP contribution in [0.3, 0.4) is 0 Å². The highest BCUT2D eigenvalue weighted by Gasteiger charge is 1.97. The van der Waals surface area contributed by atoms with Crippen molar-refractivity contribution in [2.45, 2.75) is 0 Å². The van der Waals surface area contributed by atoms with E-state index in [4.69, 9.17) is 27.9 Å². The van der Waals surface area contributed by atoms with E-state index in [-0.39, 0.29) is 16.7 Å². The van der Waals surface area contributed by atoms with Gasteiger partial charge in [-0.05, 0) is 23.8 Å². The molecule has 0 saturated carbocycles. The van der Waals surface area contributed by atoms with Crippen molar-refractivity contribution < 1.29 is 5.11 Å². The summed E-state index contributed by atoms with van der Waals surface area (Å²) in [6, 6.07) is 4.63. The molecule has 0 aliphatic carbocycles. The molecule has 0 bridgehead atoms. The summed E-state index contributed by atoms with van der Waals surface area (Å²) in [7, 11) is 0. The highest BCUT2D eigenvalue weighted by atomic mass is 35.5. The van der Waals surface area contributed by atoms with Gasteiger partial charge in [0.05, 0.1) is 11.2 Å². The number of phenolic OH excluding ortho intramolecular Hbond substituents is 1. The molecule has 6 heteroatoms. The molecule has 0 radical (unpaired) electrons. The second-order valence-electron chi connectivity index (χ2n) is 2.49. The average molecular weight is 213 g/mol. The highest BCUT2D eigenvalue weighted by molar-refractivity contribution is 6.32. The van der Waals surface area contributed by atoms with Gasteiger partial charge < -0.3 is 10.8 Å². The number of hydrazone groups is 1. The van der Waals surface area contributed by atoms with Crippen molar-refractivity contribution in [2.24, 2.45) is 10.8 Å². The Kier molecular flexibility index (Phi) is 3.30. The van der Waals surface area contributed by atoms with Crippen LogP contribution in [0, 0.1) is 5.41 Å². The Morgan fingerprint density at radius 2 is 2.36 bits per heavy atom. The van der Waals surface area contributed by atoms with Gasteiger partial charge in [0.1, 0.15) is 5.75 Å². The number of rotatable bonds is 2. The van der Waals surface area contributed by atoms with Gasteiger partial charge >= 0.3 is 0 Å². The molecule has 0 heterocycles. The summed E-state index contributed by atoms with van der Waals surface area (Å²) in [6.07, 6.45) is 1.44. The van der Waals surface area contributed by atoms with E-state index in [2.05, 4.69) is 10.5 Å². The Morgan fingerprint density at radius 1 is 1.64 bits per heavy atom. The lowest BCUT2D eigenvalue weighted by Gasteiger charge is -1.98. The number of nitrogens with two attached hydrogens (primary N) is 1. The summed E-state index contributed by atoms with van der Waals surface area (Å²) in [5.41, 5.74) is 7.95. The zero-order chi connectivity index (χ0) is 10.6. The van der Waals surface area contributed by atoms with Crippen molar-refractivity contribution in [2.75, 3.05) is 0 Å². The van der Waals surface area contributed by atoms with Crippen LogP contribution in [-0.4, -0.2) is 17.3 Å². The van der Waals surface area contributed by atoms with Gasteiger partial charge in [-0.15, -0.1) is 0 Å². The molecule has 14 heavy (non-hydrogen) atoms. The van der Waals surface area contributed by atoms with Crippen molar-refractivity contribution >= 4 is 23.8 Å². The van der Waals surface area contributed by atoms with Crippen LogP contribution in [0.2, 0.25) is 5.02 Å². The van der Waals surface area contributed by atoms with Crippen molar-refractivity contribution in [1.82, 2.24) is 5.43 Å². The van der Waals surface area contributed by atoms with Crippen LogP contribution in [0.5, 0.6) is 5.75 Å². The summed E-state index contributed by atoms with van der Waals surface area (Å²) in [4.78, 5) is 0. The maximum atomic E-state index is 9.11. The number of halogens is 1. The van der Waals surface area contributed by atoms with E-state index in [1.165, 1.54) is 12.3 Å². The fraction of sp³-hybridized carbons (Fsp3) is 0. The van der Waals surface area contributed by atoms with E-state index in [0.717, 1.165) is 0 Å². The van der Waals surface area contributed by atoms with E-state index in [1.807, 2.05) is 0 Å². The first-order chi connectivity index (χ1) is 6.59. The van der Waals surface area contributed by atoms with Crippen LogP contribution < -0.4 is 11.2 Å². The maximum Gasteiger partial charge on any atom is 0.206 e. The molecule has 0 spiro atoms. The van der Waals surface area contributed by atoms with Gasteiger partial charge in [0.15, 0.2) is 0 Å². The molecule has 1 aromatic carbocycles. The number of nitrogens with zero attached hydrogens (tertiary/aromatic N) is 1. The van der Waals surface area contributed by atoms with Crippen molar-refractivity contribution in [3.05, 3.63) is 28.8 Å². The number of guanidine groups is 1. The molecule has 5 nitrogen and oxygen atoms in total. The van der Waals surface area contributed by atoms with Crippen LogP contribution in [-0.2, 0) is 0 Å². The maximum absolute atomic E-state index is 9.11. The fourth-order valence-corrected chi connectivity index (χ4v) is 0.969. The monoisotopic (exact) mass is 212 g/mol. The smallest absolute Gasteiger partial charge is 0.206 e. The van der Waals surface area contributed by atoms with Gasteiger partial charge in [0.2, 0.25) is 5.96 Å².